The number of nitrogens with two attached hydrogens (primary N) is 1. The van der Waals surface area contributed by atoms with Gasteiger partial charge in [-0.1, -0.05) is 6.07 Å². The Balaban J connectivity index is 1.71. The molecule has 0 amide bonds. The van der Waals surface area contributed by atoms with Crippen molar-refractivity contribution in [2.75, 3.05) is 5.73 Å². The maximum Gasteiger partial charge on any atom is 0.296 e. The first-order valence-corrected chi connectivity index (χ1v) is 16.9. The van der Waals surface area contributed by atoms with Crippen LogP contribution >= 0.6 is 12.6 Å². The fourth-order valence-corrected chi connectivity index (χ4v) is 6.22. The van der Waals surface area contributed by atoms with E-state index in [1.807, 2.05) is 0 Å². The van der Waals surface area contributed by atoms with Crippen molar-refractivity contribution in [1.82, 2.24) is 0 Å². The number of azo groups is 2. The lowest BCUT2D eigenvalue weighted by molar-refractivity contribution is 0.472. The summed E-state index contributed by atoms with van der Waals surface area (Å²) in [6.07, 6.45) is 0. The van der Waals surface area contributed by atoms with Crippen LogP contribution in [0.15, 0.2) is 113 Å². The average Bonchev–Trinajstić information content (AvgIpc) is 2.94. The Morgan fingerprint density at radius 1 is 0.600 bits per heavy atom. The van der Waals surface area contributed by atoms with Crippen LogP contribution in [-0.4, -0.2) is 44.0 Å². The minimum atomic E-state index is -5.12. The van der Waals surface area contributed by atoms with Gasteiger partial charge >= 0.3 is 0 Å². The number of nitrogens with zero attached hydrogens (tertiary/aromatic N) is 4. The van der Waals surface area contributed by atoms with Crippen molar-refractivity contribution in [3.05, 3.63) is 72.8 Å². The Bertz CT molecular complexity index is 2430. The minimum Gasteiger partial charge on any atom is -0.505 e. The number of hydrogen-bond donors (Lipinski definition) is 6. The summed E-state index contributed by atoms with van der Waals surface area (Å²) in [5.41, 5.74) is 5.09. The van der Waals surface area contributed by atoms with E-state index in [4.69, 9.17) is 5.73 Å². The molecule has 15 nitrogen and oxygen atoms in total. The zero-order valence-electron chi connectivity index (χ0n) is 22.2. The second-order valence-electron chi connectivity index (χ2n) is 9.34. The van der Waals surface area contributed by atoms with E-state index in [9.17, 15) is 44.0 Å². The molecule has 19 heteroatoms. The van der Waals surface area contributed by atoms with Gasteiger partial charge in [0.25, 0.3) is 30.4 Å². The monoisotopic (exact) mass is 689 g/mol. The number of aromatic hydroxyl groups is 1. The molecule has 5 rings (SSSR count). The number of fused-ring (bicyclic) bond motifs is 2. The second kappa shape index (κ2) is 11.5. The normalized spacial score (nSPS) is 13.0. The van der Waals surface area contributed by atoms with Crippen LogP contribution in [0.4, 0.5) is 28.4 Å². The molecular weight excluding hydrogens is 671 g/mol. The van der Waals surface area contributed by atoms with E-state index < -0.39 is 62.2 Å². The second-order valence-corrected chi connectivity index (χ2v) is 14.1. The van der Waals surface area contributed by atoms with Gasteiger partial charge in [0.05, 0.1) is 27.6 Å². The molecular formula is C26H19N5O10S4. The lowest BCUT2D eigenvalue weighted by atomic mass is 10.1. The summed E-state index contributed by atoms with van der Waals surface area (Å²) in [5.74, 6) is -0.877. The fourth-order valence-electron chi connectivity index (χ4n) is 4.27. The smallest absolute Gasteiger partial charge is 0.296 e. The van der Waals surface area contributed by atoms with Crippen molar-refractivity contribution in [2.45, 2.75) is 19.6 Å². The van der Waals surface area contributed by atoms with Gasteiger partial charge in [-0.2, -0.15) is 30.4 Å². The molecule has 0 aliphatic carbocycles. The molecule has 0 fully saturated rings. The summed E-state index contributed by atoms with van der Waals surface area (Å²) in [4.78, 5) is -1.57. The topological polar surface area (TPSA) is 259 Å². The largest absolute Gasteiger partial charge is 0.505 e. The van der Waals surface area contributed by atoms with Crippen molar-refractivity contribution in [3.8, 4) is 5.75 Å². The molecule has 0 aliphatic rings. The number of thiol groups is 1. The maximum absolute atomic E-state index is 12.3. The van der Waals surface area contributed by atoms with Crippen molar-refractivity contribution in [3.63, 3.8) is 0 Å². The van der Waals surface area contributed by atoms with Crippen LogP contribution in [0.1, 0.15) is 0 Å². The predicted octanol–water partition coefficient (Wildman–Crippen LogP) is 6.14. The highest BCUT2D eigenvalue weighted by molar-refractivity contribution is 7.86. The van der Waals surface area contributed by atoms with Gasteiger partial charge in [0.2, 0.25) is 0 Å². The Kier molecular flexibility index (Phi) is 8.12. The molecule has 0 saturated heterocycles. The zero-order chi connectivity index (χ0) is 32.9. The summed E-state index contributed by atoms with van der Waals surface area (Å²) in [5, 5.41) is 27.0. The molecule has 6 N–H and O–H groups in total. The Morgan fingerprint density at radius 2 is 1.18 bits per heavy atom. The van der Waals surface area contributed by atoms with Gasteiger partial charge in [0, 0.05) is 21.1 Å². The Labute approximate surface area is 260 Å². The van der Waals surface area contributed by atoms with E-state index in [1.54, 1.807) is 24.3 Å². The number of anilines is 1. The molecule has 5 aromatic rings. The summed E-state index contributed by atoms with van der Waals surface area (Å²) >= 11 is 4.21. The molecule has 0 saturated carbocycles. The molecule has 232 valence electrons. The van der Waals surface area contributed by atoms with Crippen LogP contribution in [0, 0.1) is 0 Å². The summed E-state index contributed by atoms with van der Waals surface area (Å²) < 4.78 is 101. The van der Waals surface area contributed by atoms with Gasteiger partial charge in [0.15, 0.2) is 5.75 Å². The standard InChI is InChI=1S/C26H19N5O10S4/c27-20-12-18-13(9-23(20)44(36,37)38)10-24(45(39,40)41)25(26(18)32)31-30-22-8-7-21(29-28-14-1-3-15(42)4-2-14)17-6-5-16(11-19(17)22)43(33,34)35/h1-12,32,42H,27H2,(H,33,34,35)(H,36,37,38)(H,39,40,41)/b29-28+,31-30?. The van der Waals surface area contributed by atoms with E-state index in [-0.39, 0.29) is 32.9 Å². The summed E-state index contributed by atoms with van der Waals surface area (Å²) in [6, 6.07) is 15.5. The lowest BCUT2D eigenvalue weighted by Gasteiger charge is -2.11. The van der Waals surface area contributed by atoms with Gasteiger partial charge in [-0.05, 0) is 72.1 Å². The molecule has 0 aliphatic heterocycles. The van der Waals surface area contributed by atoms with Gasteiger partial charge < -0.3 is 10.8 Å². The SMILES string of the molecule is Nc1cc2c(O)c(N=Nc3ccc(/N=N/c4ccc(S)cc4)c4ccc(S(=O)(=O)O)cc34)c(S(=O)(=O)O)cc2cc1S(=O)(=O)O. The van der Waals surface area contributed by atoms with Gasteiger partial charge in [-0.15, -0.1) is 28.0 Å². The highest BCUT2D eigenvalue weighted by Crippen LogP contribution is 2.44. The summed E-state index contributed by atoms with van der Waals surface area (Å²) in [6.45, 7) is 0. The van der Waals surface area contributed by atoms with E-state index in [0.717, 1.165) is 30.3 Å². The van der Waals surface area contributed by atoms with E-state index >= 15 is 0 Å². The van der Waals surface area contributed by atoms with E-state index in [0.29, 0.717) is 10.6 Å². The third-order valence-corrected chi connectivity index (χ3v) is 9.28. The van der Waals surface area contributed by atoms with E-state index in [2.05, 4.69) is 33.1 Å². The van der Waals surface area contributed by atoms with Crippen LogP contribution in [0.25, 0.3) is 21.5 Å². The molecule has 0 heterocycles. The van der Waals surface area contributed by atoms with Crippen molar-refractivity contribution in [2.24, 2.45) is 20.5 Å². The number of benzene rings is 5. The van der Waals surface area contributed by atoms with Crippen molar-refractivity contribution >= 4 is 93.0 Å². The molecule has 0 unspecified atom stereocenters. The maximum atomic E-state index is 12.3. The van der Waals surface area contributed by atoms with Gasteiger partial charge in [-0.25, -0.2) is 0 Å². The highest BCUT2D eigenvalue weighted by Gasteiger charge is 2.25. The Morgan fingerprint density at radius 3 is 1.78 bits per heavy atom. The molecule has 0 atom stereocenters. The highest BCUT2D eigenvalue weighted by atomic mass is 32.2. The quantitative estimate of drug-likeness (QED) is 0.0489. The third-order valence-electron chi connectivity index (χ3n) is 6.36. The number of phenolic OH excluding ortho intramolecular Hbond substituents is 1. The number of rotatable bonds is 7. The van der Waals surface area contributed by atoms with Crippen LogP contribution in [-0.2, 0) is 30.4 Å². The van der Waals surface area contributed by atoms with E-state index in [1.165, 1.54) is 18.2 Å². The average molecular weight is 690 g/mol. The van der Waals surface area contributed by atoms with Crippen molar-refractivity contribution < 1.29 is 44.0 Å². The molecule has 0 aromatic heterocycles. The van der Waals surface area contributed by atoms with Gasteiger partial charge in [-0.3, -0.25) is 13.7 Å². The number of nitrogen functional groups attached to an aromatic ring is 1. The first-order chi connectivity index (χ1) is 20.9. The zero-order valence-corrected chi connectivity index (χ0v) is 25.5. The fraction of sp³-hybridized carbons (Fsp3) is 0. The number of hydrogen-bond acceptors (Lipinski definition) is 13. The molecule has 45 heavy (non-hydrogen) atoms. The minimum absolute atomic E-state index is 0.0618. The lowest BCUT2D eigenvalue weighted by Crippen LogP contribution is -2.04. The molecule has 5 aromatic carbocycles. The predicted molar refractivity (Wildman–Crippen MR) is 165 cm³/mol. The first-order valence-electron chi connectivity index (χ1n) is 12.1. The van der Waals surface area contributed by atoms with Crippen LogP contribution in [0.5, 0.6) is 5.75 Å². The first kappa shape index (κ1) is 31.9. The Hall–Kier alpha value is -4.50. The van der Waals surface area contributed by atoms with Crippen LogP contribution in [0.2, 0.25) is 0 Å². The van der Waals surface area contributed by atoms with Crippen LogP contribution < -0.4 is 5.73 Å². The van der Waals surface area contributed by atoms with Gasteiger partial charge in [0.1, 0.15) is 15.5 Å². The molecule has 0 spiro atoms. The third kappa shape index (κ3) is 6.63. The van der Waals surface area contributed by atoms with Crippen molar-refractivity contribution in [1.29, 1.82) is 0 Å². The van der Waals surface area contributed by atoms with Crippen LogP contribution in [0.3, 0.4) is 0 Å². The summed E-state index contributed by atoms with van der Waals surface area (Å²) in [7, 11) is -14.6. The molecule has 0 bridgehead atoms. The molecule has 0 radical (unpaired) electrons. The number of phenols is 1.